The molecule has 0 radical (unpaired) electrons. The fraction of sp³-hybridized carbons (Fsp3) is 0.818. The second-order valence-electron chi connectivity index (χ2n) is 9.09. The van der Waals surface area contributed by atoms with Crippen molar-refractivity contribution in [2.45, 2.75) is 32.1 Å². The molecule has 0 bridgehead atoms. The normalized spacial score (nSPS) is 21.5. The van der Waals surface area contributed by atoms with E-state index in [1.165, 1.54) is 7.11 Å². The van der Waals surface area contributed by atoms with Gasteiger partial charge in [0, 0.05) is 52.3 Å². The molecule has 2 saturated heterocycles. The Labute approximate surface area is 221 Å². The SMILES string of the molecule is CCOC(=O)[C@]12CCCN(C(=O)COC)C[C@H]1CN(CCN(C)C)C2.O=C(O)C(F)(F)F.O=C(O)C(F)(F)F. The van der Waals surface area contributed by atoms with Crippen LogP contribution in [0.2, 0.25) is 0 Å². The van der Waals surface area contributed by atoms with Crippen molar-refractivity contribution in [2.24, 2.45) is 11.3 Å². The number of aliphatic carboxylic acids is 2. The molecule has 2 heterocycles. The van der Waals surface area contributed by atoms with Crippen LogP contribution in [0.25, 0.3) is 0 Å². The number of esters is 1. The number of carboxylic acids is 2. The third-order valence-corrected chi connectivity index (χ3v) is 5.91. The van der Waals surface area contributed by atoms with Crippen LogP contribution in [0.15, 0.2) is 0 Å². The highest BCUT2D eigenvalue weighted by molar-refractivity contribution is 5.80. The van der Waals surface area contributed by atoms with Crippen molar-refractivity contribution < 1.29 is 65.2 Å². The fourth-order valence-electron chi connectivity index (χ4n) is 4.10. The van der Waals surface area contributed by atoms with E-state index in [-0.39, 0.29) is 24.4 Å². The van der Waals surface area contributed by atoms with Crippen LogP contribution in [0.1, 0.15) is 19.8 Å². The maximum atomic E-state index is 12.9. The highest BCUT2D eigenvalue weighted by atomic mass is 19.4. The smallest absolute Gasteiger partial charge is 0.475 e. The number of amides is 1. The number of carboxylic acid groups (broad SMARTS) is 2. The van der Waals surface area contributed by atoms with Gasteiger partial charge in [0.15, 0.2) is 0 Å². The van der Waals surface area contributed by atoms with Gasteiger partial charge in [-0.3, -0.25) is 9.59 Å². The summed E-state index contributed by atoms with van der Waals surface area (Å²) in [6.45, 7) is 7.11. The van der Waals surface area contributed by atoms with Gasteiger partial charge in [-0.05, 0) is 33.9 Å². The monoisotopic (exact) mass is 583 g/mol. The Morgan fingerprint density at radius 1 is 1.00 bits per heavy atom. The highest BCUT2D eigenvalue weighted by Gasteiger charge is 2.54. The van der Waals surface area contributed by atoms with Gasteiger partial charge in [0.05, 0.1) is 12.0 Å². The predicted molar refractivity (Wildman–Crippen MR) is 123 cm³/mol. The molecule has 2 atom stereocenters. The van der Waals surface area contributed by atoms with Crippen LogP contribution in [-0.2, 0) is 28.7 Å². The number of likely N-dealkylation sites (N-methyl/N-ethyl adjacent to an activating group) is 1. The number of fused-ring (bicyclic) bond motifs is 1. The quantitative estimate of drug-likeness (QED) is 0.336. The molecule has 0 aromatic heterocycles. The van der Waals surface area contributed by atoms with Gasteiger partial charge in [0.25, 0.3) is 0 Å². The van der Waals surface area contributed by atoms with Gasteiger partial charge >= 0.3 is 30.3 Å². The number of methoxy groups -OCH3 is 1. The molecule has 17 heteroatoms. The second kappa shape index (κ2) is 15.8. The summed E-state index contributed by atoms with van der Waals surface area (Å²) in [6.07, 6.45) is -8.56. The second-order valence-corrected chi connectivity index (χ2v) is 9.09. The zero-order valence-electron chi connectivity index (χ0n) is 22.1. The molecule has 11 nitrogen and oxygen atoms in total. The summed E-state index contributed by atoms with van der Waals surface area (Å²) in [5.74, 6) is -5.47. The molecule has 2 aliphatic rings. The van der Waals surface area contributed by atoms with Crippen LogP contribution in [0, 0.1) is 11.3 Å². The van der Waals surface area contributed by atoms with Crippen LogP contribution in [-0.4, -0.2) is 135 Å². The van der Waals surface area contributed by atoms with E-state index in [0.29, 0.717) is 19.7 Å². The lowest BCUT2D eigenvalue weighted by Gasteiger charge is -2.31. The lowest BCUT2D eigenvalue weighted by molar-refractivity contribution is -0.193. The summed E-state index contributed by atoms with van der Waals surface area (Å²) in [5, 5.41) is 14.2. The maximum absolute atomic E-state index is 12.9. The minimum absolute atomic E-state index is 0.00824. The molecule has 0 spiro atoms. The van der Waals surface area contributed by atoms with E-state index >= 15 is 0 Å². The number of ether oxygens (including phenoxy) is 2. The molecule has 0 aromatic carbocycles. The van der Waals surface area contributed by atoms with Crippen LogP contribution in [0.4, 0.5) is 26.3 Å². The Morgan fingerprint density at radius 3 is 1.92 bits per heavy atom. The van der Waals surface area contributed by atoms with E-state index in [0.717, 1.165) is 39.0 Å². The van der Waals surface area contributed by atoms with E-state index in [4.69, 9.17) is 29.3 Å². The first-order valence-electron chi connectivity index (χ1n) is 11.7. The number of carbonyl (C=O) groups excluding carboxylic acids is 2. The van der Waals surface area contributed by atoms with Gasteiger partial charge in [-0.25, -0.2) is 9.59 Å². The van der Waals surface area contributed by atoms with Gasteiger partial charge in [-0.1, -0.05) is 0 Å². The Bertz CT molecular complexity index is 801. The van der Waals surface area contributed by atoms with E-state index in [1.54, 1.807) is 0 Å². The van der Waals surface area contributed by atoms with Crippen LogP contribution in [0.5, 0.6) is 0 Å². The average molecular weight is 584 g/mol. The zero-order valence-corrected chi connectivity index (χ0v) is 22.1. The molecular formula is C22H35F6N3O8. The van der Waals surface area contributed by atoms with Crippen LogP contribution in [0.3, 0.4) is 0 Å². The maximum Gasteiger partial charge on any atom is 0.490 e. The van der Waals surface area contributed by atoms with E-state index in [1.807, 2.05) is 11.8 Å². The minimum Gasteiger partial charge on any atom is -0.475 e. The van der Waals surface area contributed by atoms with Gasteiger partial charge < -0.3 is 34.4 Å². The van der Waals surface area contributed by atoms with Crippen molar-refractivity contribution in [3.05, 3.63) is 0 Å². The lowest BCUT2D eigenvalue weighted by Crippen LogP contribution is -2.44. The molecule has 0 aromatic rings. The van der Waals surface area contributed by atoms with Crippen LogP contribution < -0.4 is 0 Å². The minimum atomic E-state index is -5.08. The molecule has 2 N–H and O–H groups in total. The zero-order chi connectivity index (χ0) is 30.6. The Kier molecular flexibility index (Phi) is 14.7. The summed E-state index contributed by atoms with van der Waals surface area (Å²) in [7, 11) is 5.65. The van der Waals surface area contributed by atoms with Gasteiger partial charge in [-0.15, -0.1) is 0 Å². The highest BCUT2D eigenvalue weighted by Crippen LogP contribution is 2.43. The van der Waals surface area contributed by atoms with Gasteiger partial charge in [-0.2, -0.15) is 26.3 Å². The van der Waals surface area contributed by atoms with Crippen molar-refractivity contribution in [3.63, 3.8) is 0 Å². The number of halogens is 6. The summed E-state index contributed by atoms with van der Waals surface area (Å²) >= 11 is 0. The third kappa shape index (κ3) is 12.4. The molecule has 2 aliphatic heterocycles. The first-order chi connectivity index (χ1) is 17.8. The van der Waals surface area contributed by atoms with Crippen molar-refractivity contribution in [2.75, 3.05) is 73.7 Å². The lowest BCUT2D eigenvalue weighted by atomic mass is 9.75. The molecule has 0 saturated carbocycles. The number of alkyl halides is 6. The van der Waals surface area contributed by atoms with Crippen molar-refractivity contribution in [1.29, 1.82) is 0 Å². The summed E-state index contributed by atoms with van der Waals surface area (Å²) in [5.41, 5.74) is -0.482. The Balaban J connectivity index is 0.000000848. The van der Waals surface area contributed by atoms with Crippen LogP contribution >= 0.6 is 0 Å². The number of hydrogen-bond donors (Lipinski definition) is 2. The standard InChI is InChI=1S/C18H33N3O4.2C2HF3O2/c1-5-25-17(23)18-7-6-8-21(16(22)13-24-4)12-15(18)11-20(14-18)10-9-19(2)3;2*3-2(4,5)1(6)7/h15H,5-14H2,1-4H3;2*(H,6,7)/t15-,18+;;/m1../s1. The largest absolute Gasteiger partial charge is 0.490 e. The van der Waals surface area contributed by atoms with E-state index in [9.17, 15) is 35.9 Å². The molecule has 39 heavy (non-hydrogen) atoms. The first kappa shape index (κ1) is 36.3. The number of likely N-dealkylation sites (tertiary alicyclic amines) is 2. The summed E-state index contributed by atoms with van der Waals surface area (Å²) in [4.78, 5) is 49.3. The fourth-order valence-corrected chi connectivity index (χ4v) is 4.10. The number of carbonyl (C=O) groups is 4. The average Bonchev–Trinajstić information content (AvgIpc) is 3.05. The van der Waals surface area contributed by atoms with Gasteiger partial charge in [0.2, 0.25) is 5.91 Å². The number of hydrogen-bond acceptors (Lipinski definition) is 8. The Hall–Kier alpha value is -2.66. The molecule has 0 aliphatic carbocycles. The van der Waals surface area contributed by atoms with E-state index < -0.39 is 29.7 Å². The van der Waals surface area contributed by atoms with Crippen molar-refractivity contribution >= 4 is 23.8 Å². The summed E-state index contributed by atoms with van der Waals surface area (Å²) in [6, 6.07) is 0. The van der Waals surface area contributed by atoms with Gasteiger partial charge in [0.1, 0.15) is 6.61 Å². The molecule has 2 fully saturated rings. The first-order valence-corrected chi connectivity index (χ1v) is 11.7. The number of nitrogens with zero attached hydrogens (tertiary/aromatic N) is 3. The third-order valence-electron chi connectivity index (χ3n) is 5.91. The van der Waals surface area contributed by atoms with Crippen molar-refractivity contribution in [3.8, 4) is 0 Å². The van der Waals surface area contributed by atoms with Crippen molar-refractivity contribution in [1.82, 2.24) is 14.7 Å². The molecule has 0 unspecified atom stereocenters. The predicted octanol–water partition coefficient (Wildman–Crippen LogP) is 1.56. The summed E-state index contributed by atoms with van der Waals surface area (Å²) < 4.78 is 73.9. The molecular weight excluding hydrogens is 548 g/mol. The van der Waals surface area contributed by atoms with E-state index in [2.05, 4.69) is 23.9 Å². The Morgan fingerprint density at radius 2 is 1.51 bits per heavy atom. The molecule has 228 valence electrons. The molecule has 2 rings (SSSR count). The number of rotatable bonds is 7. The topological polar surface area (TPSA) is 137 Å². The molecule has 1 amide bonds.